The van der Waals surface area contributed by atoms with Crippen molar-refractivity contribution in [2.24, 2.45) is 5.41 Å². The number of nitrogens with one attached hydrogen (secondary N) is 1. The molecule has 1 N–H and O–H groups in total. The number of urea groups is 1. The minimum atomic E-state index is -0.803. The van der Waals surface area contributed by atoms with Gasteiger partial charge < -0.3 is 15.0 Å². The minimum Gasteiger partial charge on any atom is -0.466 e. The molecule has 0 spiro atoms. The number of hydrogen-bond acceptors (Lipinski definition) is 3. The molecule has 0 aromatic heterocycles. The van der Waals surface area contributed by atoms with Crippen LogP contribution in [0, 0.1) is 11.2 Å². The molecular formula is C22H25FN2O3. The molecule has 5 nitrogen and oxygen atoms in total. The highest BCUT2D eigenvalue weighted by molar-refractivity contribution is 5.90. The second-order valence-corrected chi connectivity index (χ2v) is 7.10. The van der Waals surface area contributed by atoms with Gasteiger partial charge in [-0.1, -0.05) is 42.5 Å². The van der Waals surface area contributed by atoms with E-state index in [2.05, 4.69) is 5.32 Å². The van der Waals surface area contributed by atoms with E-state index in [9.17, 15) is 14.0 Å². The molecule has 3 rings (SSSR count). The summed E-state index contributed by atoms with van der Waals surface area (Å²) >= 11 is 0. The van der Waals surface area contributed by atoms with Crippen molar-refractivity contribution in [3.8, 4) is 0 Å². The zero-order valence-electron chi connectivity index (χ0n) is 16.0. The summed E-state index contributed by atoms with van der Waals surface area (Å²) in [6.45, 7) is 2.81. The van der Waals surface area contributed by atoms with Gasteiger partial charge in [0.1, 0.15) is 5.82 Å². The van der Waals surface area contributed by atoms with E-state index in [0.29, 0.717) is 25.8 Å². The molecule has 0 unspecified atom stereocenters. The predicted molar refractivity (Wildman–Crippen MR) is 105 cm³/mol. The van der Waals surface area contributed by atoms with Crippen LogP contribution in [0.3, 0.4) is 0 Å². The van der Waals surface area contributed by atoms with Crippen LogP contribution in [0.2, 0.25) is 0 Å². The molecule has 6 heteroatoms. The Bertz CT molecular complexity index is 828. The molecule has 0 saturated carbocycles. The highest BCUT2D eigenvalue weighted by atomic mass is 19.1. The molecule has 0 aliphatic carbocycles. The number of anilines is 1. The SMILES string of the molecule is CCOC(=O)[C@@]1(Cc2ccccc2)CCCN(C(=O)Nc2ccccc2F)C1. The van der Waals surface area contributed by atoms with E-state index in [1.165, 1.54) is 12.1 Å². The number of ether oxygens (including phenoxy) is 1. The quantitative estimate of drug-likeness (QED) is 0.784. The first-order chi connectivity index (χ1) is 13.5. The first-order valence-electron chi connectivity index (χ1n) is 9.56. The molecule has 1 aliphatic rings. The molecule has 148 valence electrons. The summed E-state index contributed by atoms with van der Waals surface area (Å²) in [5.41, 5.74) is 0.345. The van der Waals surface area contributed by atoms with Crippen molar-refractivity contribution < 1.29 is 18.7 Å². The average Bonchev–Trinajstić information content (AvgIpc) is 2.71. The van der Waals surface area contributed by atoms with Crippen molar-refractivity contribution in [1.82, 2.24) is 4.90 Å². The van der Waals surface area contributed by atoms with Crippen LogP contribution in [0.5, 0.6) is 0 Å². The Morgan fingerprint density at radius 3 is 2.57 bits per heavy atom. The summed E-state index contributed by atoms with van der Waals surface area (Å²) in [6, 6.07) is 15.4. The van der Waals surface area contributed by atoms with Gasteiger partial charge in [0.2, 0.25) is 0 Å². The number of nitrogens with zero attached hydrogens (tertiary/aromatic N) is 1. The maximum Gasteiger partial charge on any atom is 0.321 e. The van der Waals surface area contributed by atoms with Gasteiger partial charge in [0, 0.05) is 13.1 Å². The molecule has 2 aromatic carbocycles. The zero-order valence-corrected chi connectivity index (χ0v) is 16.0. The lowest BCUT2D eigenvalue weighted by Gasteiger charge is -2.41. The van der Waals surface area contributed by atoms with E-state index in [0.717, 1.165) is 5.56 Å². The number of piperidine rings is 1. The van der Waals surface area contributed by atoms with Gasteiger partial charge >= 0.3 is 12.0 Å². The van der Waals surface area contributed by atoms with Gasteiger partial charge in [0.25, 0.3) is 0 Å². The smallest absolute Gasteiger partial charge is 0.321 e. The topological polar surface area (TPSA) is 58.6 Å². The van der Waals surface area contributed by atoms with Gasteiger partial charge in [-0.3, -0.25) is 4.79 Å². The number of benzene rings is 2. The van der Waals surface area contributed by atoms with Crippen LogP contribution in [-0.4, -0.2) is 36.6 Å². The number of amides is 2. The minimum absolute atomic E-state index is 0.128. The van der Waals surface area contributed by atoms with Crippen molar-refractivity contribution in [2.75, 3.05) is 25.0 Å². The normalized spacial score (nSPS) is 19.1. The lowest BCUT2D eigenvalue weighted by Crippen LogP contribution is -2.52. The summed E-state index contributed by atoms with van der Waals surface area (Å²) in [5, 5.41) is 2.61. The van der Waals surface area contributed by atoms with Crippen LogP contribution in [0.4, 0.5) is 14.9 Å². The van der Waals surface area contributed by atoms with Gasteiger partial charge in [-0.25, -0.2) is 9.18 Å². The van der Waals surface area contributed by atoms with Crippen LogP contribution >= 0.6 is 0 Å². The molecular weight excluding hydrogens is 359 g/mol. The fourth-order valence-electron chi connectivity index (χ4n) is 3.72. The molecule has 1 saturated heterocycles. The molecule has 1 atom stereocenters. The fourth-order valence-corrected chi connectivity index (χ4v) is 3.72. The summed E-state index contributed by atoms with van der Waals surface area (Å²) in [6.07, 6.45) is 1.82. The lowest BCUT2D eigenvalue weighted by atomic mass is 9.75. The van der Waals surface area contributed by atoms with E-state index in [4.69, 9.17) is 4.74 Å². The van der Waals surface area contributed by atoms with Crippen molar-refractivity contribution in [3.05, 3.63) is 66.0 Å². The van der Waals surface area contributed by atoms with Gasteiger partial charge in [0.05, 0.1) is 17.7 Å². The van der Waals surface area contributed by atoms with E-state index in [1.807, 2.05) is 30.3 Å². The third kappa shape index (κ3) is 4.50. The zero-order chi connectivity index (χ0) is 20.0. The summed E-state index contributed by atoms with van der Waals surface area (Å²) < 4.78 is 19.2. The summed E-state index contributed by atoms with van der Waals surface area (Å²) in [7, 11) is 0. The highest BCUT2D eigenvalue weighted by Gasteiger charge is 2.44. The van der Waals surface area contributed by atoms with Crippen molar-refractivity contribution >= 4 is 17.7 Å². The number of hydrogen-bond donors (Lipinski definition) is 1. The van der Waals surface area contributed by atoms with Crippen molar-refractivity contribution in [3.63, 3.8) is 0 Å². The van der Waals surface area contributed by atoms with Crippen LogP contribution < -0.4 is 5.32 Å². The molecule has 2 aromatic rings. The van der Waals surface area contributed by atoms with Crippen molar-refractivity contribution in [2.45, 2.75) is 26.2 Å². The molecule has 1 aliphatic heterocycles. The second kappa shape index (κ2) is 8.87. The maximum absolute atomic E-state index is 13.9. The Balaban J connectivity index is 1.80. The molecule has 1 heterocycles. The molecule has 28 heavy (non-hydrogen) atoms. The molecule has 1 fully saturated rings. The first kappa shape index (κ1) is 19.9. The molecule has 0 radical (unpaired) electrons. The third-order valence-corrected chi connectivity index (χ3v) is 5.07. The van der Waals surface area contributed by atoms with E-state index < -0.39 is 17.3 Å². The van der Waals surface area contributed by atoms with Crippen LogP contribution in [-0.2, 0) is 16.0 Å². The van der Waals surface area contributed by atoms with Gasteiger partial charge in [0.15, 0.2) is 0 Å². The molecule has 2 amide bonds. The lowest BCUT2D eigenvalue weighted by molar-refractivity contribution is -0.158. The van der Waals surface area contributed by atoms with Crippen LogP contribution in [0.25, 0.3) is 0 Å². The molecule has 0 bridgehead atoms. The van der Waals surface area contributed by atoms with E-state index >= 15 is 0 Å². The van der Waals surface area contributed by atoms with Crippen LogP contribution in [0.15, 0.2) is 54.6 Å². The average molecular weight is 384 g/mol. The fraction of sp³-hybridized carbons (Fsp3) is 0.364. The van der Waals surface area contributed by atoms with E-state index in [-0.39, 0.29) is 24.8 Å². The Morgan fingerprint density at radius 2 is 1.86 bits per heavy atom. The summed E-state index contributed by atoms with van der Waals surface area (Å²) in [4.78, 5) is 27.2. The number of carbonyl (C=O) groups excluding carboxylic acids is 2. The number of likely N-dealkylation sites (tertiary alicyclic amines) is 1. The number of halogens is 1. The second-order valence-electron chi connectivity index (χ2n) is 7.10. The number of para-hydroxylation sites is 1. The van der Waals surface area contributed by atoms with Crippen molar-refractivity contribution in [1.29, 1.82) is 0 Å². The monoisotopic (exact) mass is 384 g/mol. The Labute approximate surface area is 164 Å². The Kier molecular flexibility index (Phi) is 6.29. The number of rotatable bonds is 5. The van der Waals surface area contributed by atoms with Gasteiger partial charge in [-0.05, 0) is 43.9 Å². The van der Waals surface area contributed by atoms with E-state index in [1.54, 1.807) is 24.0 Å². The highest BCUT2D eigenvalue weighted by Crippen LogP contribution is 2.35. The standard InChI is InChI=1S/C22H25FN2O3/c1-2-28-20(26)22(15-17-9-4-3-5-10-17)13-8-14-25(16-22)21(27)24-19-12-7-6-11-18(19)23/h3-7,9-12H,2,8,13-16H2,1H3,(H,24,27)/t22-/m1/s1. The Hall–Kier alpha value is -2.89. The number of carbonyl (C=O) groups is 2. The number of esters is 1. The van der Waals surface area contributed by atoms with Gasteiger partial charge in [-0.15, -0.1) is 0 Å². The maximum atomic E-state index is 13.9. The first-order valence-corrected chi connectivity index (χ1v) is 9.56. The van der Waals surface area contributed by atoms with Crippen LogP contribution in [0.1, 0.15) is 25.3 Å². The Morgan fingerprint density at radius 1 is 1.14 bits per heavy atom. The van der Waals surface area contributed by atoms with Gasteiger partial charge in [-0.2, -0.15) is 0 Å². The summed E-state index contributed by atoms with van der Waals surface area (Å²) in [5.74, 6) is -0.781. The largest absolute Gasteiger partial charge is 0.466 e. The predicted octanol–water partition coefficient (Wildman–Crippen LogP) is 4.25. The third-order valence-electron chi connectivity index (χ3n) is 5.07.